The summed E-state index contributed by atoms with van der Waals surface area (Å²) >= 11 is 12.8. The fraction of sp³-hybridized carbons (Fsp3) is 0.304. The Hall–Kier alpha value is -1.41. The van der Waals surface area contributed by atoms with Gasteiger partial charge in [-0.05, 0) is 67.1 Å². The number of hydrogen-bond donors (Lipinski definition) is 0. The summed E-state index contributed by atoms with van der Waals surface area (Å²) in [5.41, 5.74) is 1.89. The van der Waals surface area contributed by atoms with E-state index >= 15 is 0 Å². The van der Waals surface area contributed by atoms with Crippen LogP contribution in [0.2, 0.25) is 5.02 Å². The molecule has 8 heteroatoms. The quantitative estimate of drug-likeness (QED) is 0.376. The Balaban J connectivity index is 1.55. The summed E-state index contributed by atoms with van der Waals surface area (Å²) in [5.74, 6) is 0.0704. The van der Waals surface area contributed by atoms with E-state index in [1.54, 1.807) is 11.8 Å². The third-order valence-corrected chi connectivity index (χ3v) is 8.96. The lowest BCUT2D eigenvalue weighted by Gasteiger charge is -2.30. The van der Waals surface area contributed by atoms with Gasteiger partial charge in [-0.3, -0.25) is 9.69 Å². The number of fused-ring (bicyclic) bond motifs is 1. The average Bonchev–Trinajstić information content (AvgIpc) is 3.26. The Morgan fingerprint density at radius 1 is 1.06 bits per heavy atom. The minimum absolute atomic E-state index is 0.0704. The molecular weight excluding hydrogens is 514 g/mol. The third-order valence-electron chi connectivity index (χ3n) is 5.79. The zero-order chi connectivity index (χ0) is 21.5. The largest absolute Gasteiger partial charge is 0.337 e. The van der Waals surface area contributed by atoms with Crippen molar-refractivity contribution in [3.8, 4) is 0 Å². The molecule has 1 saturated carbocycles. The Labute approximate surface area is 204 Å². The van der Waals surface area contributed by atoms with E-state index in [0.29, 0.717) is 5.02 Å². The normalized spacial score (nSPS) is 23.2. The number of carbonyl (C=O) groups excluding carboxylic acids is 1. The molecule has 1 aliphatic carbocycles. The smallest absolute Gasteiger partial charge is 0.269 e. The minimum Gasteiger partial charge on any atom is -0.337 e. The number of amides is 1. The molecule has 3 aliphatic rings. The maximum absolute atomic E-state index is 13.7. The van der Waals surface area contributed by atoms with E-state index in [-0.39, 0.29) is 11.9 Å². The van der Waals surface area contributed by atoms with Crippen molar-refractivity contribution in [1.82, 2.24) is 4.90 Å². The highest BCUT2D eigenvalue weighted by molar-refractivity contribution is 9.10. The second-order valence-electron chi connectivity index (χ2n) is 7.85. The van der Waals surface area contributed by atoms with Crippen molar-refractivity contribution in [3.63, 3.8) is 0 Å². The predicted octanol–water partition coefficient (Wildman–Crippen LogP) is 7.41. The molecule has 2 heterocycles. The number of rotatable bonds is 2. The zero-order valence-electron chi connectivity index (χ0n) is 17.0. The molecule has 31 heavy (non-hydrogen) atoms. The Morgan fingerprint density at radius 3 is 2.55 bits per heavy atom. The lowest BCUT2D eigenvalue weighted by molar-refractivity contribution is -0.124. The fourth-order valence-electron chi connectivity index (χ4n) is 4.20. The third kappa shape index (κ3) is 4.17. The number of amidine groups is 1. The fourth-order valence-corrected chi connectivity index (χ4v) is 7.01. The van der Waals surface area contributed by atoms with Gasteiger partial charge in [0, 0.05) is 27.5 Å². The van der Waals surface area contributed by atoms with Crippen LogP contribution in [0.1, 0.15) is 32.1 Å². The van der Waals surface area contributed by atoms with E-state index in [1.807, 2.05) is 54.4 Å². The van der Waals surface area contributed by atoms with Gasteiger partial charge in [-0.1, -0.05) is 58.6 Å². The first-order valence-electron chi connectivity index (χ1n) is 10.3. The second-order valence-corrected chi connectivity index (χ2v) is 11.2. The van der Waals surface area contributed by atoms with Gasteiger partial charge >= 0.3 is 0 Å². The summed E-state index contributed by atoms with van der Waals surface area (Å²) < 4.78 is 1.01. The Bertz CT molecular complexity index is 1100. The maximum Gasteiger partial charge on any atom is 0.269 e. The molecule has 2 aromatic carbocycles. The predicted molar refractivity (Wildman–Crippen MR) is 135 cm³/mol. The molecule has 2 aromatic rings. The van der Waals surface area contributed by atoms with Crippen molar-refractivity contribution in [2.24, 2.45) is 4.99 Å². The molecule has 4 nitrogen and oxygen atoms in total. The lowest BCUT2D eigenvalue weighted by Crippen LogP contribution is -2.40. The highest BCUT2D eigenvalue weighted by Crippen LogP contribution is 2.51. The molecule has 0 bridgehead atoms. The standard InChI is InChI=1S/C23H21BrClN3OS2/c1-27-18-13-15(25)9-12-19(18)30-22(27)20-21(29)28(17-5-3-2-4-6-17)23(31-20)26-16-10-7-14(24)8-11-16/h7-13,17H,2-6H2,1H3/b22-20-,26-23?. The number of anilines is 1. The number of nitrogens with zero attached hydrogens (tertiary/aromatic N) is 3. The van der Waals surface area contributed by atoms with Gasteiger partial charge in [0.15, 0.2) is 5.17 Å². The summed E-state index contributed by atoms with van der Waals surface area (Å²) in [5, 5.41) is 2.43. The van der Waals surface area contributed by atoms with Gasteiger partial charge in [0.05, 0.1) is 16.4 Å². The van der Waals surface area contributed by atoms with Gasteiger partial charge in [-0.25, -0.2) is 4.99 Å². The molecule has 5 rings (SSSR count). The summed E-state index contributed by atoms with van der Waals surface area (Å²) in [6, 6.07) is 14.0. The second kappa shape index (κ2) is 8.85. The number of benzene rings is 2. The molecule has 0 unspecified atom stereocenters. The first-order chi connectivity index (χ1) is 15.0. The number of aliphatic imine (C=N–C) groups is 1. The summed E-state index contributed by atoms with van der Waals surface area (Å²) in [6.45, 7) is 0. The number of thioether (sulfide) groups is 2. The van der Waals surface area contributed by atoms with Crippen LogP contribution < -0.4 is 4.90 Å². The molecule has 0 N–H and O–H groups in total. The molecular formula is C23H21BrClN3OS2. The van der Waals surface area contributed by atoms with Crippen molar-refractivity contribution in [2.45, 2.75) is 43.0 Å². The lowest BCUT2D eigenvalue weighted by atomic mass is 9.94. The van der Waals surface area contributed by atoms with Crippen LogP contribution in [0, 0.1) is 0 Å². The van der Waals surface area contributed by atoms with Crippen molar-refractivity contribution in [2.75, 3.05) is 11.9 Å². The average molecular weight is 535 g/mol. The maximum atomic E-state index is 13.7. The van der Waals surface area contributed by atoms with Gasteiger partial charge < -0.3 is 4.90 Å². The number of hydrogen-bond acceptors (Lipinski definition) is 5. The summed E-state index contributed by atoms with van der Waals surface area (Å²) in [4.78, 5) is 24.5. The van der Waals surface area contributed by atoms with Crippen molar-refractivity contribution < 1.29 is 4.79 Å². The number of halogens is 2. The van der Waals surface area contributed by atoms with Gasteiger partial charge in [-0.15, -0.1) is 0 Å². The summed E-state index contributed by atoms with van der Waals surface area (Å²) in [7, 11) is 2.00. The van der Waals surface area contributed by atoms with Crippen LogP contribution in [0.3, 0.4) is 0 Å². The highest BCUT2D eigenvalue weighted by Gasteiger charge is 2.42. The van der Waals surface area contributed by atoms with Crippen LogP contribution in [0.5, 0.6) is 0 Å². The molecule has 0 spiro atoms. The monoisotopic (exact) mass is 533 g/mol. The van der Waals surface area contributed by atoms with Gasteiger partial charge in [0.25, 0.3) is 5.91 Å². The van der Waals surface area contributed by atoms with E-state index in [9.17, 15) is 4.79 Å². The molecule has 0 radical (unpaired) electrons. The molecule has 0 aromatic heterocycles. The molecule has 0 atom stereocenters. The van der Waals surface area contributed by atoms with Gasteiger partial charge in [0.1, 0.15) is 4.91 Å². The summed E-state index contributed by atoms with van der Waals surface area (Å²) in [6.07, 6.45) is 5.64. The van der Waals surface area contributed by atoms with Crippen LogP contribution in [0.25, 0.3) is 0 Å². The van der Waals surface area contributed by atoms with Crippen molar-refractivity contribution >= 4 is 73.5 Å². The molecule has 2 fully saturated rings. The topological polar surface area (TPSA) is 35.9 Å². The van der Waals surface area contributed by atoms with E-state index < -0.39 is 0 Å². The van der Waals surface area contributed by atoms with Crippen LogP contribution in [0.4, 0.5) is 11.4 Å². The molecule has 1 saturated heterocycles. The Kier molecular flexibility index (Phi) is 6.12. The van der Waals surface area contributed by atoms with Gasteiger partial charge in [0.2, 0.25) is 0 Å². The van der Waals surface area contributed by atoms with E-state index in [4.69, 9.17) is 16.6 Å². The van der Waals surface area contributed by atoms with Crippen LogP contribution in [-0.4, -0.2) is 29.1 Å². The first kappa shape index (κ1) is 21.4. The van der Waals surface area contributed by atoms with Crippen molar-refractivity contribution in [1.29, 1.82) is 0 Å². The SMILES string of the molecule is CN1/C(=C2/SC(=Nc3ccc(Br)cc3)N(C3CCCCC3)C2=O)Sc2ccc(Cl)cc21. The van der Waals surface area contributed by atoms with Crippen LogP contribution in [0.15, 0.2) is 66.8 Å². The van der Waals surface area contributed by atoms with Crippen molar-refractivity contribution in [3.05, 3.63) is 61.9 Å². The first-order valence-corrected chi connectivity index (χ1v) is 13.1. The van der Waals surface area contributed by atoms with E-state index in [2.05, 4.69) is 20.8 Å². The molecule has 2 aliphatic heterocycles. The van der Waals surface area contributed by atoms with E-state index in [1.165, 1.54) is 18.2 Å². The van der Waals surface area contributed by atoms with Crippen LogP contribution in [-0.2, 0) is 4.79 Å². The van der Waals surface area contributed by atoms with Gasteiger partial charge in [-0.2, -0.15) is 0 Å². The molecule has 1 amide bonds. The number of carbonyl (C=O) groups is 1. The highest BCUT2D eigenvalue weighted by atomic mass is 79.9. The van der Waals surface area contributed by atoms with E-state index in [0.717, 1.165) is 61.5 Å². The zero-order valence-corrected chi connectivity index (χ0v) is 21.0. The minimum atomic E-state index is 0.0704. The Morgan fingerprint density at radius 2 is 1.81 bits per heavy atom. The van der Waals surface area contributed by atoms with Crippen LogP contribution >= 0.6 is 51.1 Å². The molecule has 160 valence electrons.